The minimum Gasteiger partial charge on any atom is -0.462 e. The molecule has 3 aliphatic heterocycles. The predicted octanol–water partition coefficient (Wildman–Crippen LogP) is 15.7. The quantitative estimate of drug-likeness (QED) is 0.0292. The molecule has 0 saturated carbocycles. The third kappa shape index (κ3) is 17.7. The van der Waals surface area contributed by atoms with E-state index in [1.165, 1.54) is 96.3 Å². The molecule has 6 atom stereocenters. The van der Waals surface area contributed by atoms with Crippen LogP contribution in [0.2, 0.25) is 0 Å². The molecule has 3 saturated heterocycles. The van der Waals surface area contributed by atoms with Gasteiger partial charge < -0.3 is 14.2 Å². The summed E-state index contributed by atoms with van der Waals surface area (Å²) in [5, 5.41) is 0. The fraction of sp³-hybridized carbons (Fsp3) is 0.952. The van der Waals surface area contributed by atoms with Crippen LogP contribution in [0, 0.1) is 23.7 Å². The molecule has 3 aliphatic rings. The van der Waals surface area contributed by atoms with Crippen LogP contribution in [0.4, 0.5) is 0 Å². The van der Waals surface area contributed by atoms with Crippen LogP contribution in [0.5, 0.6) is 0 Å². The van der Waals surface area contributed by atoms with Gasteiger partial charge in [0, 0.05) is 71.8 Å². The molecule has 9 heteroatoms. The lowest BCUT2D eigenvalue weighted by Gasteiger charge is -2.58. The maximum Gasteiger partial charge on any atom is 0.321 e. The zero-order valence-corrected chi connectivity index (χ0v) is 50.1. The Bertz CT molecular complexity index is 1520. The molecule has 0 bridgehead atoms. The first kappa shape index (κ1) is 63.6. The number of hydrogen-bond donors (Lipinski definition) is 0. The molecule has 0 aliphatic carbocycles. The van der Waals surface area contributed by atoms with Gasteiger partial charge in [-0.1, -0.05) is 159 Å². The van der Waals surface area contributed by atoms with Crippen molar-refractivity contribution in [2.45, 2.75) is 337 Å². The van der Waals surface area contributed by atoms with Gasteiger partial charge in [-0.3, -0.25) is 29.1 Å². The second-order valence-corrected chi connectivity index (χ2v) is 26.9. The molecule has 3 rings (SSSR count). The summed E-state index contributed by atoms with van der Waals surface area (Å²) in [6, 6.07) is 0. The Balaban J connectivity index is 1.91. The molecule has 0 aromatic rings. The summed E-state index contributed by atoms with van der Waals surface area (Å²) < 4.78 is 19.6. The lowest BCUT2D eigenvalue weighted by Crippen LogP contribution is -2.66. The number of ether oxygens (including phenoxy) is 3. The van der Waals surface area contributed by atoms with E-state index in [0.717, 1.165) is 38.9 Å². The van der Waals surface area contributed by atoms with Gasteiger partial charge in [0.2, 0.25) is 0 Å². The lowest BCUT2D eigenvalue weighted by molar-refractivity contribution is -0.186. The average molecular weight is 1000 g/mol. The molecule has 0 spiro atoms. The minimum atomic E-state index is -1.41. The Morgan fingerprint density at radius 1 is 0.394 bits per heavy atom. The molecule has 6 unspecified atom stereocenters. The summed E-state index contributed by atoms with van der Waals surface area (Å²) in [5.41, 5.74) is -1.31. The maximum absolute atomic E-state index is 14.9. The molecule has 3 heterocycles. The van der Waals surface area contributed by atoms with Crippen molar-refractivity contribution < 1.29 is 28.6 Å². The zero-order valence-electron chi connectivity index (χ0n) is 50.1. The summed E-state index contributed by atoms with van der Waals surface area (Å²) in [6.07, 6.45) is 24.9. The monoisotopic (exact) mass is 1000 g/mol. The van der Waals surface area contributed by atoms with Gasteiger partial charge in [-0.25, -0.2) is 0 Å². The van der Waals surface area contributed by atoms with Crippen molar-refractivity contribution in [2.75, 3.05) is 19.6 Å². The molecule has 3 fully saturated rings. The first-order chi connectivity index (χ1) is 33.1. The van der Waals surface area contributed by atoms with Crippen LogP contribution in [-0.2, 0) is 28.6 Å². The molecule has 0 aromatic heterocycles. The van der Waals surface area contributed by atoms with Crippen molar-refractivity contribution in [1.82, 2.24) is 14.7 Å². The van der Waals surface area contributed by atoms with Crippen LogP contribution in [0.15, 0.2) is 0 Å². The number of nitrogens with zero attached hydrogens (tertiary/aromatic N) is 3. The van der Waals surface area contributed by atoms with Crippen molar-refractivity contribution in [3.63, 3.8) is 0 Å². The molecular weight excluding hydrogens is 883 g/mol. The number of hydrogen-bond acceptors (Lipinski definition) is 9. The second-order valence-electron chi connectivity index (χ2n) is 26.9. The third-order valence-corrected chi connectivity index (χ3v) is 18.9. The molecule has 416 valence electrons. The lowest BCUT2D eigenvalue weighted by atomic mass is 9.71. The first-order valence-corrected chi connectivity index (χ1v) is 30.1. The van der Waals surface area contributed by atoms with Crippen molar-refractivity contribution in [2.24, 2.45) is 23.7 Å². The van der Waals surface area contributed by atoms with Crippen LogP contribution in [0.1, 0.15) is 285 Å². The number of carbonyl (C=O) groups excluding carboxylic acids is 3. The van der Waals surface area contributed by atoms with Crippen molar-refractivity contribution >= 4 is 17.9 Å². The van der Waals surface area contributed by atoms with Gasteiger partial charge in [-0.2, -0.15) is 0 Å². The topological polar surface area (TPSA) is 88.6 Å². The second kappa shape index (κ2) is 28.4. The minimum absolute atomic E-state index is 0.188. The molecule has 0 amide bonds. The summed E-state index contributed by atoms with van der Waals surface area (Å²) >= 11 is 0. The standard InChI is InChI=1S/C62H117N3O6/c1-19-22-25-28-31-34-37-63-57(10,11)41-50(44-60(63,16)47(4)5)69-54(66)40-53(55(67)70-51-42-58(12,13)64(61(17,45-51)48(6)7)38-35-32-29-26-23-20-2)56(68)71-52-43-59(14,15)65(62(18,46-52)49(8)9)39-36-33-30-27-24-21-3/h47-53H,19-46H2,1-18H3. The molecule has 9 nitrogen and oxygen atoms in total. The van der Waals surface area contributed by atoms with Crippen molar-refractivity contribution in [3.05, 3.63) is 0 Å². The Kier molecular flexibility index (Phi) is 25.5. The number of rotatable bonds is 31. The largest absolute Gasteiger partial charge is 0.462 e. The number of likely N-dealkylation sites (tertiary alicyclic amines) is 3. The van der Waals surface area contributed by atoms with E-state index in [2.05, 4.69) is 139 Å². The zero-order chi connectivity index (χ0) is 53.4. The molecular formula is C62H117N3O6. The Morgan fingerprint density at radius 2 is 0.648 bits per heavy atom. The van der Waals surface area contributed by atoms with Gasteiger partial charge in [0.05, 0.1) is 6.42 Å². The molecule has 0 radical (unpaired) electrons. The SMILES string of the molecule is CCCCCCCCN1C(C)(C)CC(OC(=O)CC(C(=O)OC2CC(C)(C)N(CCCCCCCC)C(C)(C(C)C)C2)C(=O)OC2CC(C)(C)N(CCCCCCCC)C(C)(C(C)C)C2)CC1(C)C(C)C. The summed E-state index contributed by atoms with van der Waals surface area (Å²) in [6.45, 7) is 44.2. The fourth-order valence-electron chi connectivity index (χ4n) is 13.9. The van der Waals surface area contributed by atoms with E-state index < -0.39 is 42.5 Å². The fourth-order valence-corrected chi connectivity index (χ4v) is 13.9. The van der Waals surface area contributed by atoms with Crippen LogP contribution in [-0.4, -0.2) is 104 Å². The van der Waals surface area contributed by atoms with Gasteiger partial charge >= 0.3 is 17.9 Å². The highest BCUT2D eigenvalue weighted by Crippen LogP contribution is 2.47. The predicted molar refractivity (Wildman–Crippen MR) is 298 cm³/mol. The van der Waals surface area contributed by atoms with Gasteiger partial charge in [0.25, 0.3) is 0 Å². The highest BCUT2D eigenvalue weighted by molar-refractivity contribution is 5.98. The van der Waals surface area contributed by atoms with Crippen molar-refractivity contribution in [1.29, 1.82) is 0 Å². The third-order valence-electron chi connectivity index (χ3n) is 18.9. The summed E-state index contributed by atoms with van der Waals surface area (Å²) in [5.74, 6) is -2.31. The van der Waals surface area contributed by atoms with E-state index in [4.69, 9.17) is 14.2 Å². The van der Waals surface area contributed by atoms with Gasteiger partial charge in [-0.15, -0.1) is 0 Å². The smallest absolute Gasteiger partial charge is 0.321 e. The normalized spacial score (nSPS) is 28.6. The summed E-state index contributed by atoms with van der Waals surface area (Å²) in [7, 11) is 0. The highest BCUT2D eigenvalue weighted by Gasteiger charge is 2.54. The Morgan fingerprint density at radius 3 is 0.915 bits per heavy atom. The van der Waals surface area contributed by atoms with E-state index in [-0.39, 0.29) is 39.3 Å². The van der Waals surface area contributed by atoms with Gasteiger partial charge in [0.15, 0.2) is 5.92 Å². The number of carbonyl (C=O) groups is 3. The molecule has 71 heavy (non-hydrogen) atoms. The number of esters is 3. The molecule has 0 aromatic carbocycles. The Labute approximate surface area is 439 Å². The highest BCUT2D eigenvalue weighted by atomic mass is 16.6. The van der Waals surface area contributed by atoms with Crippen LogP contribution >= 0.6 is 0 Å². The van der Waals surface area contributed by atoms with Crippen LogP contribution < -0.4 is 0 Å². The molecule has 0 N–H and O–H groups in total. The van der Waals surface area contributed by atoms with E-state index in [9.17, 15) is 14.4 Å². The van der Waals surface area contributed by atoms with Gasteiger partial charge in [-0.05, 0) is 119 Å². The number of unbranched alkanes of at least 4 members (excludes halogenated alkanes) is 15. The van der Waals surface area contributed by atoms with Crippen molar-refractivity contribution in [3.8, 4) is 0 Å². The van der Waals surface area contributed by atoms with E-state index in [1.807, 2.05) is 0 Å². The Hall–Kier alpha value is -1.71. The maximum atomic E-state index is 14.9. The van der Waals surface area contributed by atoms with Gasteiger partial charge in [0.1, 0.15) is 18.3 Å². The summed E-state index contributed by atoms with van der Waals surface area (Å²) in [4.78, 5) is 52.3. The average Bonchev–Trinajstić information content (AvgIpc) is 3.25. The van der Waals surface area contributed by atoms with E-state index >= 15 is 0 Å². The van der Waals surface area contributed by atoms with E-state index in [0.29, 0.717) is 56.3 Å². The van der Waals surface area contributed by atoms with E-state index in [1.54, 1.807) is 0 Å². The first-order valence-electron chi connectivity index (χ1n) is 30.1. The van der Waals surface area contributed by atoms with Crippen LogP contribution in [0.25, 0.3) is 0 Å². The number of piperidine rings is 3. The van der Waals surface area contributed by atoms with Crippen LogP contribution in [0.3, 0.4) is 0 Å².